The summed E-state index contributed by atoms with van der Waals surface area (Å²) in [5.74, 6) is 0.815. The predicted octanol–water partition coefficient (Wildman–Crippen LogP) is 2.22. The van der Waals surface area contributed by atoms with Gasteiger partial charge in [0, 0.05) is 11.7 Å². The van der Waals surface area contributed by atoms with E-state index < -0.39 is 9.84 Å². The lowest BCUT2D eigenvalue weighted by molar-refractivity contribution is -0.118. The summed E-state index contributed by atoms with van der Waals surface area (Å²) in [4.78, 5) is 14.4. The minimum atomic E-state index is -3.02. The summed E-state index contributed by atoms with van der Waals surface area (Å²) < 4.78 is 29.0. The molecule has 1 atom stereocenters. The van der Waals surface area contributed by atoms with Crippen molar-refractivity contribution in [3.8, 4) is 0 Å². The molecule has 3 rings (SSSR count). The molecular formula is C18H22N2O4S. The molecule has 0 aliphatic carbocycles. The Balaban J connectivity index is 1.70. The molecule has 0 saturated carbocycles. The van der Waals surface area contributed by atoms with Gasteiger partial charge in [-0.3, -0.25) is 9.69 Å². The number of rotatable bonds is 6. The molecule has 1 saturated heterocycles. The van der Waals surface area contributed by atoms with Gasteiger partial charge in [0.25, 0.3) is 0 Å². The van der Waals surface area contributed by atoms with Gasteiger partial charge in [-0.15, -0.1) is 0 Å². The summed E-state index contributed by atoms with van der Waals surface area (Å²) in [6, 6.07) is 11.0. The second-order valence-corrected chi connectivity index (χ2v) is 8.63. The van der Waals surface area contributed by atoms with Crippen molar-refractivity contribution in [2.24, 2.45) is 0 Å². The summed E-state index contributed by atoms with van der Waals surface area (Å²) in [6.07, 6.45) is 2.12. The molecule has 2 aromatic rings. The zero-order valence-corrected chi connectivity index (χ0v) is 15.0. The van der Waals surface area contributed by atoms with Crippen molar-refractivity contribution in [1.82, 2.24) is 4.90 Å². The fourth-order valence-electron chi connectivity index (χ4n) is 3.07. The van der Waals surface area contributed by atoms with Crippen molar-refractivity contribution in [3.05, 3.63) is 54.0 Å². The van der Waals surface area contributed by atoms with E-state index in [-0.39, 0.29) is 30.0 Å². The van der Waals surface area contributed by atoms with E-state index in [0.29, 0.717) is 18.7 Å². The number of furan rings is 1. The lowest BCUT2D eigenvalue weighted by atomic mass is 10.2. The minimum Gasteiger partial charge on any atom is -0.468 e. The van der Waals surface area contributed by atoms with Gasteiger partial charge in [0.15, 0.2) is 9.84 Å². The molecule has 1 aliphatic heterocycles. The fourth-order valence-corrected chi connectivity index (χ4v) is 4.83. The van der Waals surface area contributed by atoms with Crippen LogP contribution < -0.4 is 5.32 Å². The zero-order valence-electron chi connectivity index (χ0n) is 14.1. The SMILES string of the molecule is Cc1ccccc1NC(=O)CN(Cc1ccco1)C1CCS(=O)(=O)C1. The highest BCUT2D eigenvalue weighted by atomic mass is 32.2. The third-order valence-electron chi connectivity index (χ3n) is 4.43. The van der Waals surface area contributed by atoms with Crippen LogP contribution in [0.3, 0.4) is 0 Å². The predicted molar refractivity (Wildman–Crippen MR) is 96.0 cm³/mol. The van der Waals surface area contributed by atoms with Crippen molar-refractivity contribution in [2.75, 3.05) is 23.4 Å². The Morgan fingerprint density at radius 1 is 1.28 bits per heavy atom. The number of anilines is 1. The minimum absolute atomic E-state index is 0.0886. The monoisotopic (exact) mass is 362 g/mol. The number of hydrogen-bond acceptors (Lipinski definition) is 5. The molecule has 1 unspecified atom stereocenters. The molecule has 1 aliphatic rings. The van der Waals surface area contributed by atoms with Gasteiger partial charge in [0.05, 0.1) is 30.9 Å². The van der Waals surface area contributed by atoms with E-state index in [9.17, 15) is 13.2 Å². The summed E-state index contributed by atoms with van der Waals surface area (Å²) >= 11 is 0. The smallest absolute Gasteiger partial charge is 0.238 e. The third kappa shape index (κ3) is 4.70. The van der Waals surface area contributed by atoms with Crippen LogP contribution in [0.25, 0.3) is 0 Å². The van der Waals surface area contributed by atoms with Crippen molar-refractivity contribution in [1.29, 1.82) is 0 Å². The Morgan fingerprint density at radius 2 is 2.08 bits per heavy atom. The average molecular weight is 362 g/mol. The lowest BCUT2D eigenvalue weighted by Crippen LogP contribution is -2.41. The molecule has 7 heteroatoms. The molecule has 1 amide bonds. The Hall–Kier alpha value is -2.12. The second-order valence-electron chi connectivity index (χ2n) is 6.40. The van der Waals surface area contributed by atoms with Gasteiger partial charge in [0.2, 0.25) is 5.91 Å². The van der Waals surface area contributed by atoms with Gasteiger partial charge in [-0.25, -0.2) is 8.42 Å². The van der Waals surface area contributed by atoms with Crippen LogP contribution in [0.5, 0.6) is 0 Å². The number of nitrogens with one attached hydrogen (secondary N) is 1. The zero-order chi connectivity index (χ0) is 17.9. The fraction of sp³-hybridized carbons (Fsp3) is 0.389. The molecule has 134 valence electrons. The summed E-state index contributed by atoms with van der Waals surface area (Å²) in [7, 11) is -3.02. The van der Waals surface area contributed by atoms with Gasteiger partial charge >= 0.3 is 0 Å². The highest BCUT2D eigenvalue weighted by Gasteiger charge is 2.33. The molecule has 1 aromatic heterocycles. The Kier molecular flexibility index (Phi) is 5.24. The van der Waals surface area contributed by atoms with E-state index in [1.54, 1.807) is 12.3 Å². The van der Waals surface area contributed by atoms with Gasteiger partial charge in [0.1, 0.15) is 5.76 Å². The number of carbonyl (C=O) groups is 1. The van der Waals surface area contributed by atoms with Crippen LogP contribution in [-0.2, 0) is 21.2 Å². The maximum absolute atomic E-state index is 12.5. The lowest BCUT2D eigenvalue weighted by Gasteiger charge is -2.26. The molecular weight excluding hydrogens is 340 g/mol. The second kappa shape index (κ2) is 7.41. The van der Waals surface area contributed by atoms with Gasteiger partial charge in [-0.1, -0.05) is 18.2 Å². The van der Waals surface area contributed by atoms with Crippen LogP contribution in [-0.4, -0.2) is 43.3 Å². The molecule has 1 aromatic carbocycles. The van der Waals surface area contributed by atoms with Crippen molar-refractivity contribution in [3.63, 3.8) is 0 Å². The summed E-state index contributed by atoms with van der Waals surface area (Å²) in [6.45, 7) is 2.46. The number of hydrogen-bond donors (Lipinski definition) is 1. The number of nitrogens with zero attached hydrogens (tertiary/aromatic N) is 1. The largest absolute Gasteiger partial charge is 0.468 e. The molecule has 2 heterocycles. The molecule has 6 nitrogen and oxygen atoms in total. The van der Waals surface area contributed by atoms with Crippen molar-refractivity contribution < 1.29 is 17.6 Å². The van der Waals surface area contributed by atoms with Crippen LogP contribution in [0.4, 0.5) is 5.69 Å². The van der Waals surface area contributed by atoms with Crippen molar-refractivity contribution >= 4 is 21.4 Å². The summed E-state index contributed by atoms with van der Waals surface area (Å²) in [5.41, 5.74) is 1.75. The first-order valence-electron chi connectivity index (χ1n) is 8.25. The first-order valence-corrected chi connectivity index (χ1v) is 10.1. The van der Waals surface area contributed by atoms with Crippen LogP contribution in [0.2, 0.25) is 0 Å². The average Bonchev–Trinajstić information content (AvgIpc) is 3.18. The number of benzene rings is 1. The number of aryl methyl sites for hydroxylation is 1. The molecule has 0 spiro atoms. The van der Waals surface area contributed by atoms with Gasteiger partial charge in [-0.05, 0) is 37.1 Å². The standard InChI is InChI=1S/C18H22N2O4S/c1-14-5-2-3-7-17(14)19-18(21)12-20(11-16-6-4-9-24-16)15-8-10-25(22,23)13-15/h2-7,9,15H,8,10-13H2,1H3,(H,19,21). The molecule has 25 heavy (non-hydrogen) atoms. The van der Waals surface area contributed by atoms with E-state index in [0.717, 1.165) is 11.3 Å². The van der Waals surface area contributed by atoms with Crippen molar-refractivity contribution in [2.45, 2.75) is 25.9 Å². The van der Waals surface area contributed by atoms with Gasteiger partial charge < -0.3 is 9.73 Å². The first-order chi connectivity index (χ1) is 11.9. The van der Waals surface area contributed by atoms with Crippen LogP contribution in [0, 0.1) is 6.92 Å². The van der Waals surface area contributed by atoms with E-state index in [1.165, 1.54) is 0 Å². The van der Waals surface area contributed by atoms with Crippen LogP contribution >= 0.6 is 0 Å². The number of amides is 1. The third-order valence-corrected chi connectivity index (χ3v) is 6.18. The van der Waals surface area contributed by atoms with E-state index in [2.05, 4.69) is 5.32 Å². The molecule has 0 bridgehead atoms. The highest BCUT2D eigenvalue weighted by molar-refractivity contribution is 7.91. The van der Waals surface area contributed by atoms with Crippen LogP contribution in [0.1, 0.15) is 17.7 Å². The molecule has 0 radical (unpaired) electrons. The topological polar surface area (TPSA) is 79.6 Å². The number of para-hydroxylation sites is 1. The normalized spacial score (nSPS) is 19.2. The number of carbonyl (C=O) groups excluding carboxylic acids is 1. The van der Waals surface area contributed by atoms with E-state index >= 15 is 0 Å². The Morgan fingerprint density at radius 3 is 2.72 bits per heavy atom. The molecule has 1 fully saturated rings. The highest BCUT2D eigenvalue weighted by Crippen LogP contribution is 2.21. The van der Waals surface area contributed by atoms with Gasteiger partial charge in [-0.2, -0.15) is 0 Å². The molecule has 1 N–H and O–H groups in total. The maximum Gasteiger partial charge on any atom is 0.238 e. The Labute approximate surface area is 147 Å². The summed E-state index contributed by atoms with van der Waals surface area (Å²) in [5, 5.41) is 2.90. The number of sulfone groups is 1. The van der Waals surface area contributed by atoms with E-state index in [4.69, 9.17) is 4.42 Å². The van der Waals surface area contributed by atoms with Crippen LogP contribution in [0.15, 0.2) is 47.1 Å². The first kappa shape index (κ1) is 17.7. The Bertz CT molecular complexity index is 831. The maximum atomic E-state index is 12.5. The quantitative estimate of drug-likeness (QED) is 0.852. The van der Waals surface area contributed by atoms with E-state index in [1.807, 2.05) is 42.2 Å².